The van der Waals surface area contributed by atoms with E-state index in [-0.39, 0.29) is 0 Å². The number of allylic oxidation sites excluding steroid dienone is 2. The summed E-state index contributed by atoms with van der Waals surface area (Å²) in [5.74, 6) is 0. The van der Waals surface area contributed by atoms with E-state index in [0.717, 1.165) is 24.9 Å². The standard InChI is InChI=1S/C64H49N/c1-39-16-4-7-19-46(39)47-26-15-29-61(40(47)2)65(62-35-34-55-53-25-13-11-23-51(53)50-22-10-12-24-52(50)54-27-14-28-57(62)64(54)55)45-32-30-42-31-33-56-60(59(42)37-45)38-58-41(3)63(56)49-21-9-6-18-44(49)36-43-17-5-8-20-48(43)58/h4-9,11,13-21,23,25-35,37-38H,10,12,22,24,36H2,1-3H3. The number of anilines is 3. The summed E-state index contributed by atoms with van der Waals surface area (Å²) in [5, 5.41) is 7.75. The molecule has 2 bridgehead atoms. The molecule has 0 amide bonds. The van der Waals surface area contributed by atoms with Crippen molar-refractivity contribution in [2.24, 2.45) is 0 Å². The molecule has 1 heteroatoms. The summed E-state index contributed by atoms with van der Waals surface area (Å²) in [7, 11) is 0. The van der Waals surface area contributed by atoms with Crippen LogP contribution >= 0.6 is 0 Å². The highest BCUT2D eigenvalue weighted by atomic mass is 15.1. The monoisotopic (exact) mass is 831 g/mol. The second kappa shape index (κ2) is 14.8. The van der Waals surface area contributed by atoms with Crippen molar-refractivity contribution in [1.82, 2.24) is 0 Å². The van der Waals surface area contributed by atoms with Gasteiger partial charge in [0.1, 0.15) is 0 Å². The van der Waals surface area contributed by atoms with Crippen LogP contribution in [0, 0.1) is 20.8 Å². The topological polar surface area (TPSA) is 3.24 Å². The lowest BCUT2D eigenvalue weighted by Crippen LogP contribution is -2.13. The smallest absolute Gasteiger partial charge is 0.0540 e. The van der Waals surface area contributed by atoms with Gasteiger partial charge in [-0.25, -0.2) is 0 Å². The quantitative estimate of drug-likeness (QED) is 0.160. The number of nitrogens with zero attached hydrogens (tertiary/aromatic N) is 1. The molecule has 0 N–H and O–H groups in total. The van der Waals surface area contributed by atoms with Gasteiger partial charge in [0, 0.05) is 16.8 Å². The van der Waals surface area contributed by atoms with Crippen LogP contribution < -0.4 is 4.90 Å². The second-order valence-corrected chi connectivity index (χ2v) is 18.7. The first-order valence-corrected chi connectivity index (χ1v) is 23.5. The molecule has 0 aromatic heterocycles. The number of rotatable bonds is 4. The fraction of sp³-hybridized carbons (Fsp3) is 0.125. The highest BCUT2D eigenvalue weighted by Gasteiger charge is 2.29. The Kier molecular flexibility index (Phi) is 8.65. The minimum absolute atomic E-state index is 0.919. The lowest BCUT2D eigenvalue weighted by molar-refractivity contribution is 0.754. The fourth-order valence-corrected chi connectivity index (χ4v) is 12.1. The number of benzene rings is 10. The van der Waals surface area contributed by atoms with E-state index in [4.69, 9.17) is 0 Å². The van der Waals surface area contributed by atoms with Gasteiger partial charge in [-0.1, -0.05) is 152 Å². The van der Waals surface area contributed by atoms with Crippen molar-refractivity contribution in [2.75, 3.05) is 4.90 Å². The average Bonchev–Trinajstić information content (AvgIpc) is 3.46. The third-order valence-electron chi connectivity index (χ3n) is 15.2. The molecule has 0 atom stereocenters. The Balaban J connectivity index is 1.12. The molecule has 13 rings (SSSR count). The minimum atomic E-state index is 0.919. The lowest BCUT2D eigenvalue weighted by Gasteiger charge is -2.30. The molecule has 0 saturated carbocycles. The Morgan fingerprint density at radius 2 is 1.02 bits per heavy atom. The zero-order chi connectivity index (χ0) is 43.3. The van der Waals surface area contributed by atoms with Gasteiger partial charge in [0.15, 0.2) is 0 Å². The molecule has 0 radical (unpaired) electrons. The maximum Gasteiger partial charge on any atom is 0.0540 e. The molecule has 310 valence electrons. The summed E-state index contributed by atoms with van der Waals surface area (Å²) in [4.78, 5) is 2.58. The summed E-state index contributed by atoms with van der Waals surface area (Å²) in [6.07, 6.45) is 5.64. The molecule has 3 aliphatic carbocycles. The zero-order valence-corrected chi connectivity index (χ0v) is 37.3. The van der Waals surface area contributed by atoms with Gasteiger partial charge >= 0.3 is 0 Å². The second-order valence-electron chi connectivity index (χ2n) is 18.7. The van der Waals surface area contributed by atoms with Crippen LogP contribution in [0.15, 0.2) is 182 Å². The first-order chi connectivity index (χ1) is 32.0. The zero-order valence-electron chi connectivity index (χ0n) is 37.3. The van der Waals surface area contributed by atoms with E-state index in [2.05, 4.69) is 208 Å². The van der Waals surface area contributed by atoms with E-state index in [1.165, 1.54) is 151 Å². The van der Waals surface area contributed by atoms with Crippen molar-refractivity contribution >= 4 is 60.5 Å². The van der Waals surface area contributed by atoms with Crippen LogP contribution in [0.5, 0.6) is 0 Å². The van der Waals surface area contributed by atoms with Crippen LogP contribution in [-0.2, 0) is 6.42 Å². The van der Waals surface area contributed by atoms with Gasteiger partial charge in [0.05, 0.1) is 5.69 Å². The average molecular weight is 832 g/mol. The number of fused-ring (bicyclic) bond motifs is 14. The molecule has 1 nitrogen and oxygen atoms in total. The van der Waals surface area contributed by atoms with E-state index >= 15 is 0 Å². The maximum atomic E-state index is 2.58. The van der Waals surface area contributed by atoms with Gasteiger partial charge in [-0.15, -0.1) is 0 Å². The third kappa shape index (κ3) is 5.78. The Morgan fingerprint density at radius 1 is 0.369 bits per heavy atom. The van der Waals surface area contributed by atoms with Gasteiger partial charge in [-0.3, -0.25) is 0 Å². The predicted octanol–water partition coefficient (Wildman–Crippen LogP) is 17.9. The summed E-state index contributed by atoms with van der Waals surface area (Å²) in [5.41, 5.74) is 26.6. The first kappa shape index (κ1) is 38.0. The van der Waals surface area contributed by atoms with Gasteiger partial charge in [0.2, 0.25) is 0 Å². The Hall–Kier alpha value is -7.48. The van der Waals surface area contributed by atoms with E-state index < -0.39 is 0 Å². The third-order valence-corrected chi connectivity index (χ3v) is 15.2. The number of hydrogen-bond donors (Lipinski definition) is 0. The van der Waals surface area contributed by atoms with Crippen molar-refractivity contribution in [3.8, 4) is 44.5 Å². The Bertz CT molecular complexity index is 3670. The molecule has 10 aromatic rings. The van der Waals surface area contributed by atoms with Crippen molar-refractivity contribution < 1.29 is 0 Å². The van der Waals surface area contributed by atoms with Crippen LogP contribution in [0.2, 0.25) is 0 Å². The largest absolute Gasteiger partial charge is 0.310 e. The molecule has 10 aromatic carbocycles. The van der Waals surface area contributed by atoms with E-state index in [0.29, 0.717) is 0 Å². The summed E-state index contributed by atoms with van der Waals surface area (Å²) in [6, 6.07) is 69.4. The van der Waals surface area contributed by atoms with Crippen LogP contribution in [0.4, 0.5) is 17.1 Å². The molecule has 0 fully saturated rings. The molecule has 0 spiro atoms. The van der Waals surface area contributed by atoms with E-state index in [9.17, 15) is 0 Å². The molecule has 0 heterocycles. The van der Waals surface area contributed by atoms with Crippen LogP contribution in [-0.4, -0.2) is 0 Å². The minimum Gasteiger partial charge on any atom is -0.310 e. The number of aryl methyl sites for hydroxylation is 1. The van der Waals surface area contributed by atoms with Crippen LogP contribution in [0.25, 0.3) is 88.0 Å². The lowest BCUT2D eigenvalue weighted by atomic mass is 9.80. The van der Waals surface area contributed by atoms with E-state index in [1.54, 1.807) is 0 Å². The van der Waals surface area contributed by atoms with Crippen LogP contribution in [0.1, 0.15) is 64.6 Å². The molecule has 0 saturated heterocycles. The Labute approximate surface area is 382 Å². The molecular formula is C64H49N. The first-order valence-electron chi connectivity index (χ1n) is 23.5. The van der Waals surface area contributed by atoms with E-state index in [1.807, 2.05) is 0 Å². The fourth-order valence-electron chi connectivity index (χ4n) is 12.1. The molecule has 3 aliphatic rings. The molecular weight excluding hydrogens is 783 g/mol. The number of hydrogen-bond acceptors (Lipinski definition) is 1. The SMILES string of the molecule is Cc1ccccc1-c1cccc(N(c2ccc3ccc4c5c(C)c(cc4c3c2)-c2ccccc2Cc2ccccc2-5)c2ccc3c4c(cccc24)C2=C(CCCC2)c2ccccc2-3)c1C. The highest BCUT2D eigenvalue weighted by molar-refractivity contribution is 6.18. The molecule has 0 unspecified atom stereocenters. The van der Waals surface area contributed by atoms with Gasteiger partial charge in [-0.05, 0) is 205 Å². The summed E-state index contributed by atoms with van der Waals surface area (Å²) in [6.45, 7) is 6.89. The predicted molar refractivity (Wildman–Crippen MR) is 278 cm³/mol. The van der Waals surface area contributed by atoms with Crippen molar-refractivity contribution in [1.29, 1.82) is 0 Å². The van der Waals surface area contributed by atoms with Gasteiger partial charge < -0.3 is 4.90 Å². The maximum absolute atomic E-state index is 2.58. The van der Waals surface area contributed by atoms with Crippen LogP contribution in [0.3, 0.4) is 0 Å². The van der Waals surface area contributed by atoms with Crippen molar-refractivity contribution in [2.45, 2.75) is 52.9 Å². The summed E-state index contributed by atoms with van der Waals surface area (Å²) < 4.78 is 0. The van der Waals surface area contributed by atoms with Gasteiger partial charge in [0.25, 0.3) is 0 Å². The van der Waals surface area contributed by atoms with Gasteiger partial charge in [-0.2, -0.15) is 0 Å². The highest BCUT2D eigenvalue weighted by Crippen LogP contribution is 2.53. The summed E-state index contributed by atoms with van der Waals surface area (Å²) >= 11 is 0. The normalized spacial score (nSPS) is 13.7. The van der Waals surface area contributed by atoms with Crippen molar-refractivity contribution in [3.63, 3.8) is 0 Å². The Morgan fingerprint density at radius 3 is 1.83 bits per heavy atom. The molecule has 65 heavy (non-hydrogen) atoms. The van der Waals surface area contributed by atoms with Crippen molar-refractivity contribution in [3.05, 3.63) is 221 Å². The molecule has 0 aliphatic heterocycles.